The highest BCUT2D eigenvalue weighted by atomic mass is 79.9. The maximum Gasteiger partial charge on any atom is 0.161 e. The van der Waals surface area contributed by atoms with Crippen LogP contribution in [0, 0.1) is 0 Å². The second kappa shape index (κ2) is 4.46. The summed E-state index contributed by atoms with van der Waals surface area (Å²) in [6, 6.07) is 3.11. The molecular formula is C10H11BrO3. The standard InChI is InChI=1S/C10H11BrO3/c1-6(2-3-12)8-4-7(11)5-9(13)10(8)14/h3-6,13-14H,2H2,1H3. The topological polar surface area (TPSA) is 57.5 Å². The van der Waals surface area contributed by atoms with E-state index in [0.29, 0.717) is 16.5 Å². The predicted octanol–water partition coefficient (Wildman–Crippen LogP) is 2.55. The highest BCUT2D eigenvalue weighted by Gasteiger charge is 2.14. The third-order valence-corrected chi connectivity index (χ3v) is 2.52. The molecule has 4 heteroatoms. The Morgan fingerprint density at radius 1 is 1.50 bits per heavy atom. The van der Waals surface area contributed by atoms with Crippen LogP contribution < -0.4 is 0 Å². The average Bonchev–Trinajstić information content (AvgIpc) is 2.11. The van der Waals surface area contributed by atoms with Gasteiger partial charge in [-0.05, 0) is 18.1 Å². The number of carbonyl (C=O) groups excluding carboxylic acids is 1. The molecule has 0 radical (unpaired) electrons. The lowest BCUT2D eigenvalue weighted by Crippen LogP contribution is -1.95. The highest BCUT2D eigenvalue weighted by molar-refractivity contribution is 9.10. The molecule has 76 valence electrons. The summed E-state index contributed by atoms with van der Waals surface area (Å²) in [5.74, 6) is -0.425. The fourth-order valence-electron chi connectivity index (χ4n) is 1.25. The van der Waals surface area contributed by atoms with Crippen LogP contribution in [-0.2, 0) is 4.79 Å². The van der Waals surface area contributed by atoms with Crippen molar-refractivity contribution < 1.29 is 15.0 Å². The molecule has 0 aliphatic heterocycles. The normalized spacial score (nSPS) is 12.4. The monoisotopic (exact) mass is 258 g/mol. The summed E-state index contributed by atoms with van der Waals surface area (Å²) in [6.45, 7) is 1.81. The molecule has 0 saturated heterocycles. The number of halogens is 1. The fraction of sp³-hybridized carbons (Fsp3) is 0.300. The lowest BCUT2D eigenvalue weighted by molar-refractivity contribution is -0.108. The zero-order valence-electron chi connectivity index (χ0n) is 7.70. The highest BCUT2D eigenvalue weighted by Crippen LogP contribution is 2.37. The van der Waals surface area contributed by atoms with Gasteiger partial charge in [-0.1, -0.05) is 22.9 Å². The van der Waals surface area contributed by atoms with Crippen molar-refractivity contribution in [3.8, 4) is 11.5 Å². The van der Waals surface area contributed by atoms with Gasteiger partial charge in [0.2, 0.25) is 0 Å². The Balaban J connectivity index is 3.12. The van der Waals surface area contributed by atoms with Gasteiger partial charge in [-0.25, -0.2) is 0 Å². The van der Waals surface area contributed by atoms with E-state index < -0.39 is 0 Å². The molecule has 0 bridgehead atoms. The van der Waals surface area contributed by atoms with Crippen LogP contribution in [0.25, 0.3) is 0 Å². The third kappa shape index (κ3) is 2.26. The van der Waals surface area contributed by atoms with E-state index in [9.17, 15) is 15.0 Å². The summed E-state index contributed by atoms with van der Waals surface area (Å²) in [5.41, 5.74) is 0.573. The molecule has 0 aliphatic carbocycles. The summed E-state index contributed by atoms with van der Waals surface area (Å²) in [6.07, 6.45) is 1.12. The van der Waals surface area contributed by atoms with E-state index in [0.717, 1.165) is 6.29 Å². The van der Waals surface area contributed by atoms with Gasteiger partial charge in [0.05, 0.1) is 0 Å². The van der Waals surface area contributed by atoms with E-state index in [1.165, 1.54) is 6.07 Å². The molecule has 0 saturated carbocycles. The molecule has 0 spiro atoms. The van der Waals surface area contributed by atoms with Crippen molar-refractivity contribution in [2.45, 2.75) is 19.3 Å². The number of aromatic hydroxyl groups is 2. The Labute approximate surface area is 90.5 Å². The molecule has 0 aromatic heterocycles. The Morgan fingerprint density at radius 3 is 2.71 bits per heavy atom. The van der Waals surface area contributed by atoms with Gasteiger partial charge in [0.15, 0.2) is 11.5 Å². The fourth-order valence-corrected chi connectivity index (χ4v) is 1.72. The minimum Gasteiger partial charge on any atom is -0.504 e. The maximum absolute atomic E-state index is 10.3. The Kier molecular flexibility index (Phi) is 3.52. The van der Waals surface area contributed by atoms with Gasteiger partial charge >= 0.3 is 0 Å². The van der Waals surface area contributed by atoms with Crippen LogP contribution >= 0.6 is 15.9 Å². The molecule has 0 aliphatic rings. The van der Waals surface area contributed by atoms with Crippen molar-refractivity contribution in [3.05, 3.63) is 22.2 Å². The molecule has 2 N–H and O–H groups in total. The zero-order chi connectivity index (χ0) is 10.7. The average molecular weight is 259 g/mol. The van der Waals surface area contributed by atoms with Gasteiger partial charge in [0.1, 0.15) is 6.29 Å². The van der Waals surface area contributed by atoms with Gasteiger partial charge in [-0.3, -0.25) is 0 Å². The summed E-state index contributed by atoms with van der Waals surface area (Å²) >= 11 is 3.21. The van der Waals surface area contributed by atoms with Gasteiger partial charge in [-0.2, -0.15) is 0 Å². The quantitative estimate of drug-likeness (QED) is 0.647. The molecule has 0 fully saturated rings. The molecule has 1 unspecified atom stereocenters. The first-order valence-corrected chi connectivity index (χ1v) is 5.00. The van der Waals surface area contributed by atoms with Crippen molar-refractivity contribution in [3.63, 3.8) is 0 Å². The smallest absolute Gasteiger partial charge is 0.161 e. The van der Waals surface area contributed by atoms with Gasteiger partial charge in [0.25, 0.3) is 0 Å². The van der Waals surface area contributed by atoms with Crippen LogP contribution in [0.3, 0.4) is 0 Å². The van der Waals surface area contributed by atoms with Crippen LogP contribution in [-0.4, -0.2) is 16.5 Å². The summed E-state index contributed by atoms with van der Waals surface area (Å²) in [5, 5.41) is 18.9. The minimum absolute atomic E-state index is 0.101. The predicted molar refractivity (Wildman–Crippen MR) is 56.6 cm³/mol. The Morgan fingerprint density at radius 2 is 2.14 bits per heavy atom. The van der Waals surface area contributed by atoms with Gasteiger partial charge in [-0.15, -0.1) is 0 Å². The zero-order valence-corrected chi connectivity index (χ0v) is 9.28. The van der Waals surface area contributed by atoms with Crippen LogP contribution in [0.5, 0.6) is 11.5 Å². The number of phenolic OH excluding ortho intramolecular Hbond substituents is 2. The Bertz CT molecular complexity index is 349. The van der Waals surface area contributed by atoms with Crippen molar-refractivity contribution in [1.29, 1.82) is 0 Å². The van der Waals surface area contributed by atoms with Crippen molar-refractivity contribution >= 4 is 22.2 Å². The first-order valence-electron chi connectivity index (χ1n) is 4.21. The number of aldehydes is 1. The first kappa shape index (κ1) is 11.0. The van der Waals surface area contributed by atoms with Gasteiger partial charge in [0, 0.05) is 16.5 Å². The SMILES string of the molecule is CC(CC=O)c1cc(Br)cc(O)c1O. The maximum atomic E-state index is 10.3. The number of carbonyl (C=O) groups is 1. The van der Waals surface area contributed by atoms with Crippen LogP contribution in [0.15, 0.2) is 16.6 Å². The molecule has 1 atom stereocenters. The second-order valence-corrected chi connectivity index (χ2v) is 4.08. The summed E-state index contributed by atoms with van der Waals surface area (Å²) < 4.78 is 0.681. The minimum atomic E-state index is -0.174. The number of hydrogen-bond donors (Lipinski definition) is 2. The molecule has 0 heterocycles. The molecule has 1 aromatic rings. The lowest BCUT2D eigenvalue weighted by Gasteiger charge is -2.12. The molecule has 0 amide bonds. The largest absolute Gasteiger partial charge is 0.504 e. The molecule has 3 nitrogen and oxygen atoms in total. The summed E-state index contributed by atoms with van der Waals surface area (Å²) in [4.78, 5) is 10.3. The number of phenols is 2. The number of rotatable bonds is 3. The van der Waals surface area contributed by atoms with E-state index in [1.54, 1.807) is 6.07 Å². The van der Waals surface area contributed by atoms with E-state index in [-0.39, 0.29) is 17.4 Å². The third-order valence-electron chi connectivity index (χ3n) is 2.06. The summed E-state index contributed by atoms with van der Waals surface area (Å²) in [7, 11) is 0. The molecule has 14 heavy (non-hydrogen) atoms. The van der Waals surface area contributed by atoms with Crippen LogP contribution in [0.2, 0.25) is 0 Å². The number of hydrogen-bond acceptors (Lipinski definition) is 3. The van der Waals surface area contributed by atoms with E-state index >= 15 is 0 Å². The van der Waals surface area contributed by atoms with Gasteiger partial charge < -0.3 is 15.0 Å². The van der Waals surface area contributed by atoms with Crippen LogP contribution in [0.4, 0.5) is 0 Å². The number of benzene rings is 1. The lowest BCUT2D eigenvalue weighted by atomic mass is 9.97. The molecule has 1 rings (SSSR count). The molecule has 1 aromatic carbocycles. The van der Waals surface area contributed by atoms with E-state index in [2.05, 4.69) is 15.9 Å². The first-order chi connectivity index (χ1) is 6.56. The second-order valence-electron chi connectivity index (χ2n) is 3.17. The van der Waals surface area contributed by atoms with Crippen molar-refractivity contribution in [2.75, 3.05) is 0 Å². The van der Waals surface area contributed by atoms with Crippen molar-refractivity contribution in [1.82, 2.24) is 0 Å². The van der Waals surface area contributed by atoms with E-state index in [4.69, 9.17) is 0 Å². The molecular weight excluding hydrogens is 248 g/mol. The van der Waals surface area contributed by atoms with E-state index in [1.807, 2.05) is 6.92 Å². The van der Waals surface area contributed by atoms with Crippen LogP contribution in [0.1, 0.15) is 24.8 Å². The Hall–Kier alpha value is -1.03. The van der Waals surface area contributed by atoms with Crippen molar-refractivity contribution in [2.24, 2.45) is 0 Å².